The van der Waals surface area contributed by atoms with Crippen molar-refractivity contribution in [2.45, 2.75) is 32.9 Å². The molecule has 0 spiro atoms. The van der Waals surface area contributed by atoms with Crippen LogP contribution in [0.4, 0.5) is 11.4 Å². The van der Waals surface area contributed by atoms with Crippen molar-refractivity contribution >= 4 is 11.4 Å². The Balaban J connectivity index is 1.91. The summed E-state index contributed by atoms with van der Waals surface area (Å²) in [4.78, 5) is 2.46. The van der Waals surface area contributed by atoms with Gasteiger partial charge in [-0.3, -0.25) is 4.68 Å². The Morgan fingerprint density at radius 1 is 1.35 bits per heavy atom. The largest absolute Gasteiger partial charge is 0.381 e. The van der Waals surface area contributed by atoms with E-state index in [4.69, 9.17) is 0 Å². The maximum Gasteiger partial charge on any atom is 0.0625 e. The Morgan fingerprint density at radius 3 is 2.90 bits per heavy atom. The number of aromatic nitrogens is 2. The van der Waals surface area contributed by atoms with Crippen molar-refractivity contribution in [2.75, 3.05) is 16.8 Å². The lowest BCUT2D eigenvalue weighted by molar-refractivity contribution is 0.607. The lowest BCUT2D eigenvalue weighted by Gasteiger charge is -2.37. The van der Waals surface area contributed by atoms with E-state index >= 15 is 0 Å². The van der Waals surface area contributed by atoms with E-state index in [-0.39, 0.29) is 0 Å². The maximum absolute atomic E-state index is 4.55. The molecule has 0 amide bonds. The molecule has 0 fully saturated rings. The summed E-state index contributed by atoms with van der Waals surface area (Å²) in [5, 5.41) is 8.05. The monoisotopic (exact) mass is 270 g/mol. The lowest BCUT2D eigenvalue weighted by Crippen LogP contribution is -2.41. The van der Waals surface area contributed by atoms with Crippen LogP contribution in [0.1, 0.15) is 25.2 Å². The molecule has 106 valence electrons. The zero-order chi connectivity index (χ0) is 14.1. The van der Waals surface area contributed by atoms with E-state index in [0.717, 1.165) is 19.5 Å². The number of nitrogens with zero attached hydrogens (tertiary/aromatic N) is 3. The summed E-state index contributed by atoms with van der Waals surface area (Å²) in [5.41, 5.74) is 4.94. The van der Waals surface area contributed by atoms with Crippen molar-refractivity contribution in [3.8, 4) is 0 Å². The minimum absolute atomic E-state index is 0.477. The molecule has 2 aromatic rings. The van der Waals surface area contributed by atoms with Crippen LogP contribution < -0.4 is 10.2 Å². The van der Waals surface area contributed by atoms with Gasteiger partial charge in [-0.1, -0.05) is 19.1 Å². The van der Waals surface area contributed by atoms with Crippen molar-refractivity contribution in [2.24, 2.45) is 7.05 Å². The highest BCUT2D eigenvalue weighted by Crippen LogP contribution is 2.32. The van der Waals surface area contributed by atoms with Crippen LogP contribution >= 0.6 is 0 Å². The fourth-order valence-corrected chi connectivity index (χ4v) is 2.79. The number of hydrogen-bond acceptors (Lipinski definition) is 3. The number of rotatable bonds is 3. The minimum Gasteiger partial charge on any atom is -0.381 e. The Kier molecular flexibility index (Phi) is 3.38. The smallest absolute Gasteiger partial charge is 0.0625 e. The van der Waals surface area contributed by atoms with E-state index in [1.807, 2.05) is 11.7 Å². The van der Waals surface area contributed by atoms with Crippen LogP contribution in [-0.4, -0.2) is 22.4 Å². The Bertz CT molecular complexity index is 602. The molecule has 2 heterocycles. The van der Waals surface area contributed by atoms with Gasteiger partial charge in [-0.15, -0.1) is 0 Å². The number of hydrogen-bond donors (Lipinski definition) is 1. The van der Waals surface area contributed by atoms with Gasteiger partial charge in [0, 0.05) is 19.6 Å². The van der Waals surface area contributed by atoms with Crippen LogP contribution in [0.5, 0.6) is 0 Å². The third kappa shape index (κ3) is 2.26. The molecular formula is C16H22N4. The third-order valence-corrected chi connectivity index (χ3v) is 4.06. The summed E-state index contributed by atoms with van der Waals surface area (Å²) in [6.45, 7) is 6.30. The summed E-state index contributed by atoms with van der Waals surface area (Å²) in [6.07, 6.45) is 0.988. The summed E-state index contributed by atoms with van der Waals surface area (Å²) in [6, 6.07) is 11.2. The number of aryl methyl sites for hydroxylation is 2. The molecule has 1 atom stereocenters. The van der Waals surface area contributed by atoms with Gasteiger partial charge in [-0.05, 0) is 31.5 Å². The van der Waals surface area contributed by atoms with Crippen LogP contribution in [-0.2, 0) is 20.0 Å². The van der Waals surface area contributed by atoms with Gasteiger partial charge in [-0.2, -0.15) is 5.10 Å². The molecule has 0 saturated heterocycles. The van der Waals surface area contributed by atoms with Gasteiger partial charge in [0.05, 0.1) is 29.3 Å². The first-order chi connectivity index (χ1) is 9.69. The zero-order valence-corrected chi connectivity index (χ0v) is 12.4. The van der Waals surface area contributed by atoms with Gasteiger partial charge in [0.2, 0.25) is 0 Å². The molecule has 20 heavy (non-hydrogen) atoms. The topological polar surface area (TPSA) is 33.1 Å². The van der Waals surface area contributed by atoms with Crippen molar-refractivity contribution in [3.63, 3.8) is 0 Å². The van der Waals surface area contributed by atoms with E-state index in [9.17, 15) is 0 Å². The summed E-state index contributed by atoms with van der Waals surface area (Å²) in [5.74, 6) is 0. The number of nitrogens with one attached hydrogen (secondary N) is 1. The zero-order valence-electron chi connectivity index (χ0n) is 12.4. The Morgan fingerprint density at radius 2 is 2.15 bits per heavy atom. The van der Waals surface area contributed by atoms with Gasteiger partial charge in [0.1, 0.15) is 0 Å². The van der Waals surface area contributed by atoms with E-state index < -0.39 is 0 Å². The van der Waals surface area contributed by atoms with Crippen LogP contribution in [0.25, 0.3) is 0 Å². The molecule has 1 aromatic carbocycles. The molecule has 3 rings (SSSR count). The molecule has 0 bridgehead atoms. The third-order valence-electron chi connectivity index (χ3n) is 4.06. The van der Waals surface area contributed by atoms with Gasteiger partial charge in [0.25, 0.3) is 0 Å². The highest BCUT2D eigenvalue weighted by atomic mass is 15.3. The molecule has 1 aromatic heterocycles. The second-order valence-electron chi connectivity index (χ2n) is 5.48. The predicted molar refractivity (Wildman–Crippen MR) is 83.2 cm³/mol. The first-order valence-corrected chi connectivity index (χ1v) is 7.30. The Labute approximate surface area is 120 Å². The molecule has 1 aliphatic heterocycles. The standard InChI is InChI=1S/C16H22N4/c1-4-13-9-14(19(3)18-13)11-20-12(2)10-17-15-7-5-6-8-16(15)20/h5-9,12,17H,4,10-11H2,1-3H3. The molecule has 1 N–H and O–H groups in total. The van der Waals surface area contributed by atoms with Gasteiger partial charge < -0.3 is 10.2 Å². The predicted octanol–water partition coefficient (Wildman–Crippen LogP) is 2.80. The fraction of sp³-hybridized carbons (Fsp3) is 0.438. The van der Waals surface area contributed by atoms with Crippen LogP contribution in [0.2, 0.25) is 0 Å². The van der Waals surface area contributed by atoms with Crippen LogP contribution in [0, 0.1) is 0 Å². The van der Waals surface area contributed by atoms with Gasteiger partial charge in [0.15, 0.2) is 0 Å². The summed E-state index contributed by atoms with van der Waals surface area (Å²) in [7, 11) is 2.03. The number of anilines is 2. The van der Waals surface area contributed by atoms with E-state index in [1.54, 1.807) is 0 Å². The van der Waals surface area contributed by atoms with Crippen molar-refractivity contribution in [3.05, 3.63) is 41.7 Å². The minimum atomic E-state index is 0.477. The molecule has 0 saturated carbocycles. The average Bonchev–Trinajstić information content (AvgIpc) is 2.82. The molecule has 4 heteroatoms. The molecule has 0 aliphatic carbocycles. The summed E-state index contributed by atoms with van der Waals surface area (Å²) < 4.78 is 2.01. The maximum atomic E-state index is 4.55. The SMILES string of the molecule is CCc1cc(CN2c3ccccc3NCC2C)n(C)n1. The highest BCUT2D eigenvalue weighted by Gasteiger charge is 2.23. The second kappa shape index (κ2) is 5.19. The molecule has 1 unspecified atom stereocenters. The molecule has 0 radical (unpaired) electrons. The number of fused-ring (bicyclic) bond motifs is 1. The quantitative estimate of drug-likeness (QED) is 0.931. The molecular weight excluding hydrogens is 248 g/mol. The lowest BCUT2D eigenvalue weighted by atomic mass is 10.1. The Hall–Kier alpha value is -1.97. The molecule has 1 aliphatic rings. The first kappa shape index (κ1) is 13.0. The molecule has 4 nitrogen and oxygen atoms in total. The fourth-order valence-electron chi connectivity index (χ4n) is 2.79. The second-order valence-corrected chi connectivity index (χ2v) is 5.48. The summed E-state index contributed by atoms with van der Waals surface area (Å²) >= 11 is 0. The highest BCUT2D eigenvalue weighted by molar-refractivity contribution is 5.72. The first-order valence-electron chi connectivity index (χ1n) is 7.30. The van der Waals surface area contributed by atoms with Gasteiger partial charge in [-0.25, -0.2) is 0 Å². The normalized spacial score (nSPS) is 17.8. The number of benzene rings is 1. The van der Waals surface area contributed by atoms with Crippen molar-refractivity contribution in [1.82, 2.24) is 9.78 Å². The average molecular weight is 270 g/mol. The van der Waals surface area contributed by atoms with Crippen LogP contribution in [0.15, 0.2) is 30.3 Å². The van der Waals surface area contributed by atoms with E-state index in [0.29, 0.717) is 6.04 Å². The number of para-hydroxylation sites is 2. The van der Waals surface area contributed by atoms with E-state index in [2.05, 4.69) is 59.5 Å². The van der Waals surface area contributed by atoms with Crippen molar-refractivity contribution < 1.29 is 0 Å². The van der Waals surface area contributed by atoms with Gasteiger partial charge >= 0.3 is 0 Å². The van der Waals surface area contributed by atoms with Crippen LogP contribution in [0.3, 0.4) is 0 Å². The van der Waals surface area contributed by atoms with E-state index in [1.165, 1.54) is 22.8 Å². The van der Waals surface area contributed by atoms with Crippen molar-refractivity contribution in [1.29, 1.82) is 0 Å².